The molecule has 1 aliphatic heterocycles. The van der Waals surface area contributed by atoms with Crippen LogP contribution >= 0.6 is 0 Å². The fourth-order valence-electron chi connectivity index (χ4n) is 5.66. The van der Waals surface area contributed by atoms with Crippen molar-refractivity contribution in [2.75, 3.05) is 31.5 Å². The van der Waals surface area contributed by atoms with E-state index in [2.05, 4.69) is 31.6 Å². The third kappa shape index (κ3) is 15.3. The van der Waals surface area contributed by atoms with Crippen LogP contribution in [0.15, 0.2) is 59.6 Å². The number of hydrogen-bond acceptors (Lipinski definition) is 11. The first-order chi connectivity index (χ1) is 26.8. The summed E-state index contributed by atoms with van der Waals surface area (Å²) in [5, 5.41) is 25.6. The molecule has 0 saturated carbocycles. The molecule has 5 amide bonds. The number of nitrogens with two attached hydrogens (primary N) is 2. The highest BCUT2D eigenvalue weighted by atomic mass is 16.7. The average molecular weight is 781 g/mol. The average Bonchev–Trinajstić information content (AvgIpc) is 3.18. The first-order valence-electron chi connectivity index (χ1n) is 18.6. The van der Waals surface area contributed by atoms with Crippen LogP contribution in [0, 0.1) is 16.0 Å². The van der Waals surface area contributed by atoms with Gasteiger partial charge >= 0.3 is 5.97 Å². The van der Waals surface area contributed by atoms with Crippen molar-refractivity contribution in [1.82, 2.24) is 26.3 Å². The van der Waals surface area contributed by atoms with E-state index in [1.807, 2.05) is 6.92 Å². The molecule has 304 valence electrons. The number of nitro groups is 1. The summed E-state index contributed by atoms with van der Waals surface area (Å²) in [6, 6.07) is 9.94. The predicted molar refractivity (Wildman–Crippen MR) is 206 cm³/mol. The van der Waals surface area contributed by atoms with Gasteiger partial charge in [-0.25, -0.2) is 0 Å². The Labute approximate surface area is 324 Å². The van der Waals surface area contributed by atoms with Gasteiger partial charge in [0.1, 0.15) is 18.1 Å². The number of piperidine rings is 1. The fourth-order valence-corrected chi connectivity index (χ4v) is 5.66. The fraction of sp³-hybridized carbons (Fsp3) is 0.486. The zero-order chi connectivity index (χ0) is 41.0. The van der Waals surface area contributed by atoms with Crippen molar-refractivity contribution in [1.29, 1.82) is 0 Å². The van der Waals surface area contributed by atoms with Crippen molar-refractivity contribution < 1.29 is 38.5 Å². The topological polar surface area (TPSA) is 283 Å². The van der Waals surface area contributed by atoms with Gasteiger partial charge in [-0.3, -0.25) is 43.9 Å². The van der Waals surface area contributed by atoms with E-state index in [0.29, 0.717) is 25.1 Å². The molecule has 3 rings (SSSR count). The molecule has 19 nitrogen and oxygen atoms in total. The van der Waals surface area contributed by atoms with E-state index in [-0.39, 0.29) is 55.5 Å². The smallest absolute Gasteiger partial charge is 0.325 e. The third-order valence-electron chi connectivity index (χ3n) is 9.00. The van der Waals surface area contributed by atoms with Gasteiger partial charge in [0.2, 0.25) is 23.6 Å². The number of carbonyl (C=O) groups excluding carboxylic acids is 6. The van der Waals surface area contributed by atoms with Gasteiger partial charge in [0.05, 0.1) is 11.5 Å². The van der Waals surface area contributed by atoms with Crippen molar-refractivity contribution in [2.24, 2.45) is 22.4 Å². The van der Waals surface area contributed by atoms with Gasteiger partial charge in [-0.1, -0.05) is 44.9 Å². The number of hydroxylamine groups is 2. The number of hydrogen-bond donors (Lipinski definition) is 7. The van der Waals surface area contributed by atoms with Gasteiger partial charge in [0.15, 0.2) is 5.96 Å². The summed E-state index contributed by atoms with van der Waals surface area (Å²) >= 11 is 0. The Morgan fingerprint density at radius 3 is 2.16 bits per heavy atom. The maximum atomic E-state index is 13.7. The summed E-state index contributed by atoms with van der Waals surface area (Å²) in [5.41, 5.74) is 11.2. The molecule has 1 heterocycles. The van der Waals surface area contributed by atoms with E-state index in [1.54, 1.807) is 42.3 Å². The van der Waals surface area contributed by atoms with Crippen LogP contribution in [0.1, 0.15) is 75.6 Å². The lowest BCUT2D eigenvalue weighted by molar-refractivity contribution is -0.384. The van der Waals surface area contributed by atoms with E-state index < -0.39 is 65.1 Å². The van der Waals surface area contributed by atoms with Crippen LogP contribution < -0.4 is 38.1 Å². The minimum atomic E-state index is -1.31. The molecule has 0 aromatic heterocycles. The Morgan fingerprint density at radius 2 is 1.54 bits per heavy atom. The maximum absolute atomic E-state index is 13.7. The highest BCUT2D eigenvalue weighted by Gasteiger charge is 2.31. The van der Waals surface area contributed by atoms with Crippen LogP contribution in [0.4, 0.5) is 11.4 Å². The molecule has 2 aromatic rings. The molecule has 1 saturated heterocycles. The van der Waals surface area contributed by atoms with Gasteiger partial charge in [0, 0.05) is 49.4 Å². The number of carbonyl (C=O) groups is 6. The van der Waals surface area contributed by atoms with Gasteiger partial charge in [-0.2, -0.15) is 0 Å². The molecular formula is C37H52N10O9. The van der Waals surface area contributed by atoms with Crippen LogP contribution in [0.2, 0.25) is 0 Å². The van der Waals surface area contributed by atoms with Crippen LogP contribution in [-0.4, -0.2) is 95.8 Å². The van der Waals surface area contributed by atoms with Gasteiger partial charge < -0.3 is 42.9 Å². The Bertz CT molecular complexity index is 1680. The molecule has 56 heavy (non-hydrogen) atoms. The molecule has 0 bridgehead atoms. The summed E-state index contributed by atoms with van der Waals surface area (Å²) in [6.45, 7) is 4.33. The van der Waals surface area contributed by atoms with Gasteiger partial charge in [0.25, 0.3) is 11.6 Å². The van der Waals surface area contributed by atoms with E-state index in [0.717, 1.165) is 19.3 Å². The lowest BCUT2D eigenvalue weighted by atomic mass is 9.97. The van der Waals surface area contributed by atoms with E-state index >= 15 is 0 Å². The largest absolute Gasteiger partial charge is 0.370 e. The van der Waals surface area contributed by atoms with E-state index in [9.17, 15) is 38.9 Å². The standard InChI is InChI=1S/C37H52N10O9/c1-3-24(2)32(45-33(50)25-11-6-4-7-12-25)36(53)44-29(18-19-31(49)56-46-21-8-5-9-22-46)34(51)41-23-30(48)43-28(13-10-20-40-37(38)39)35(52)42-26-14-16-27(17-15-26)47(54)55/h4,6-7,11-12,14-17,24,28-29,32H,3,5,8-10,13,18-23H2,1-2H3,(H,41,51)(H,42,52)(H,43,48)(H,44,53)(H,45,50)(H4,38,39,40)/t24?,28-,29-,32-/m0/s1. The minimum Gasteiger partial charge on any atom is -0.370 e. The number of nitrogens with zero attached hydrogens (tertiary/aromatic N) is 3. The number of guanidine groups is 1. The molecule has 0 aliphatic carbocycles. The quantitative estimate of drug-likeness (QED) is 0.0310. The summed E-state index contributed by atoms with van der Waals surface area (Å²) in [6.07, 6.45) is 3.22. The van der Waals surface area contributed by atoms with E-state index in [4.69, 9.17) is 16.3 Å². The first kappa shape index (κ1) is 44.3. The third-order valence-corrected chi connectivity index (χ3v) is 9.00. The number of non-ortho nitro benzene ring substituents is 1. The molecule has 2 aromatic carbocycles. The molecule has 0 spiro atoms. The Kier molecular flexibility index (Phi) is 18.2. The molecule has 0 radical (unpaired) electrons. The second-order valence-electron chi connectivity index (χ2n) is 13.3. The summed E-state index contributed by atoms with van der Waals surface area (Å²) in [5.74, 6) is -4.45. The Hall–Kier alpha value is -6.11. The van der Waals surface area contributed by atoms with Crippen LogP contribution in [0.3, 0.4) is 0 Å². The summed E-state index contributed by atoms with van der Waals surface area (Å²) < 4.78 is 0. The number of rotatable bonds is 21. The van der Waals surface area contributed by atoms with Crippen molar-refractivity contribution in [3.8, 4) is 0 Å². The maximum Gasteiger partial charge on any atom is 0.325 e. The SMILES string of the molecule is CCC(C)[C@H](NC(=O)c1ccccc1)C(=O)N[C@@H](CCC(=O)ON1CCCCC1)C(=O)NCC(=O)N[C@@H](CCCN=C(N)N)C(=O)Nc1ccc([N+](=O)[O-])cc1. The summed E-state index contributed by atoms with van der Waals surface area (Å²) in [4.78, 5) is 99.2. The lowest BCUT2D eigenvalue weighted by Gasteiger charge is -2.27. The van der Waals surface area contributed by atoms with Crippen LogP contribution in [-0.2, 0) is 28.8 Å². The number of anilines is 1. The monoisotopic (exact) mass is 780 g/mol. The number of aliphatic imine (C=N–C) groups is 1. The molecule has 1 aliphatic rings. The van der Waals surface area contributed by atoms with Crippen molar-refractivity contribution in [2.45, 2.75) is 83.3 Å². The Balaban J connectivity index is 1.71. The zero-order valence-corrected chi connectivity index (χ0v) is 31.7. The van der Waals surface area contributed by atoms with Crippen molar-refractivity contribution in [3.05, 3.63) is 70.3 Å². The lowest BCUT2D eigenvalue weighted by Crippen LogP contribution is -2.56. The first-order valence-corrected chi connectivity index (χ1v) is 18.6. The predicted octanol–water partition coefficient (Wildman–Crippen LogP) is 1.24. The second kappa shape index (κ2) is 23.0. The summed E-state index contributed by atoms with van der Waals surface area (Å²) in [7, 11) is 0. The second-order valence-corrected chi connectivity index (χ2v) is 13.3. The molecule has 9 N–H and O–H groups in total. The van der Waals surface area contributed by atoms with Crippen LogP contribution in [0.25, 0.3) is 0 Å². The number of nitro benzene ring substituents is 1. The van der Waals surface area contributed by atoms with Crippen LogP contribution in [0.5, 0.6) is 0 Å². The molecular weight excluding hydrogens is 728 g/mol. The number of nitrogens with one attached hydrogen (secondary N) is 5. The highest BCUT2D eigenvalue weighted by molar-refractivity contribution is 5.99. The molecule has 19 heteroatoms. The zero-order valence-electron chi connectivity index (χ0n) is 31.7. The number of amides is 5. The number of benzene rings is 2. The highest BCUT2D eigenvalue weighted by Crippen LogP contribution is 2.17. The van der Waals surface area contributed by atoms with Gasteiger partial charge in [-0.15, -0.1) is 5.06 Å². The normalized spacial score (nSPS) is 14.8. The van der Waals surface area contributed by atoms with E-state index in [1.165, 1.54) is 24.3 Å². The van der Waals surface area contributed by atoms with Gasteiger partial charge in [-0.05, 0) is 62.3 Å². The molecule has 1 fully saturated rings. The Morgan fingerprint density at radius 1 is 0.875 bits per heavy atom. The molecule has 1 unspecified atom stereocenters. The minimum absolute atomic E-state index is 0.0821. The molecule has 4 atom stereocenters. The van der Waals surface area contributed by atoms with Crippen molar-refractivity contribution in [3.63, 3.8) is 0 Å². The van der Waals surface area contributed by atoms with Crippen molar-refractivity contribution >= 4 is 52.8 Å².